The van der Waals surface area contributed by atoms with Gasteiger partial charge in [0.25, 0.3) is 5.56 Å². The van der Waals surface area contributed by atoms with Crippen LogP contribution in [0.3, 0.4) is 0 Å². The molecule has 0 atom stereocenters. The number of hydrogen-bond donors (Lipinski definition) is 2. The Morgan fingerprint density at radius 2 is 1.84 bits per heavy atom. The Morgan fingerprint density at radius 3 is 2.58 bits per heavy atom. The molecule has 0 spiro atoms. The summed E-state index contributed by atoms with van der Waals surface area (Å²) in [7, 11) is 0. The normalized spacial score (nSPS) is 10.8. The molecule has 0 bridgehead atoms. The van der Waals surface area contributed by atoms with Crippen LogP contribution in [0.2, 0.25) is 0 Å². The van der Waals surface area contributed by atoms with Crippen LogP contribution in [-0.4, -0.2) is 15.3 Å². The van der Waals surface area contributed by atoms with Crippen LogP contribution in [0.4, 0.5) is 20.2 Å². The fourth-order valence-electron chi connectivity index (χ4n) is 1.63. The van der Waals surface area contributed by atoms with Crippen LogP contribution in [0.25, 0.3) is 11.2 Å². The summed E-state index contributed by atoms with van der Waals surface area (Å²) < 4.78 is 30.5. The third kappa shape index (κ3) is 2.15. The molecule has 0 unspecified atom stereocenters. The molecule has 0 saturated carbocycles. The lowest BCUT2D eigenvalue weighted by Crippen LogP contribution is -2.11. The van der Waals surface area contributed by atoms with E-state index in [1.165, 1.54) is 6.07 Å². The van der Waals surface area contributed by atoms with Gasteiger partial charge in [0.1, 0.15) is 17.3 Å². The second kappa shape index (κ2) is 4.16. The van der Waals surface area contributed by atoms with E-state index in [9.17, 15) is 13.6 Å². The van der Waals surface area contributed by atoms with Gasteiger partial charge in [-0.2, -0.15) is 0 Å². The molecule has 0 aliphatic rings. The Hall–Kier alpha value is -2.77. The van der Waals surface area contributed by atoms with Gasteiger partial charge in [-0.3, -0.25) is 4.79 Å². The number of nitrogens with zero attached hydrogens (tertiary/aromatic N) is 2. The van der Waals surface area contributed by atoms with Crippen molar-refractivity contribution in [2.75, 3.05) is 5.32 Å². The zero-order valence-electron chi connectivity index (χ0n) is 9.28. The first-order valence-corrected chi connectivity index (χ1v) is 5.20. The van der Waals surface area contributed by atoms with Gasteiger partial charge in [0, 0.05) is 17.8 Å². The summed E-state index contributed by atoms with van der Waals surface area (Å²) in [5.41, 5.74) is 0.194. The zero-order valence-corrected chi connectivity index (χ0v) is 9.28. The maximum absolute atomic E-state index is 13.0. The minimum Gasteiger partial charge on any atom is -0.351 e. The van der Waals surface area contributed by atoms with E-state index in [1.807, 2.05) is 0 Å². The van der Waals surface area contributed by atoms with Gasteiger partial charge in [-0.1, -0.05) is 0 Å². The predicted molar refractivity (Wildman–Crippen MR) is 62.1 cm³/mol. The van der Waals surface area contributed by atoms with Crippen LogP contribution in [0.5, 0.6) is 0 Å². The summed E-state index contributed by atoms with van der Waals surface area (Å²) in [6.07, 6.45) is 0. The predicted octanol–water partition coefficient (Wildman–Crippen LogP) is 1.93. The Labute approximate surface area is 104 Å². The molecule has 96 valence electrons. The monoisotopic (exact) mass is 264 g/mol. The fourth-order valence-corrected chi connectivity index (χ4v) is 1.63. The van der Waals surface area contributed by atoms with Gasteiger partial charge < -0.3 is 10.3 Å². The highest BCUT2D eigenvalue weighted by Crippen LogP contribution is 2.18. The molecular formula is C11H6F2N4O2. The van der Waals surface area contributed by atoms with Gasteiger partial charge in [-0.05, 0) is 22.4 Å². The highest BCUT2D eigenvalue weighted by molar-refractivity contribution is 5.74. The first-order chi connectivity index (χ1) is 9.11. The molecule has 0 amide bonds. The Morgan fingerprint density at radius 1 is 1.11 bits per heavy atom. The van der Waals surface area contributed by atoms with E-state index in [0.717, 1.165) is 18.2 Å². The average Bonchev–Trinajstić information content (AvgIpc) is 2.75. The largest absolute Gasteiger partial charge is 0.351 e. The molecule has 2 aromatic heterocycles. The topological polar surface area (TPSA) is 83.8 Å². The lowest BCUT2D eigenvalue weighted by Gasteiger charge is -2.05. The van der Waals surface area contributed by atoms with Crippen LogP contribution in [0.15, 0.2) is 33.7 Å². The minimum atomic E-state index is -0.747. The average molecular weight is 264 g/mol. The fraction of sp³-hybridized carbons (Fsp3) is 0. The van der Waals surface area contributed by atoms with E-state index >= 15 is 0 Å². The lowest BCUT2D eigenvalue weighted by atomic mass is 10.3. The maximum atomic E-state index is 13.0. The smallest absolute Gasteiger partial charge is 0.273 e. The van der Waals surface area contributed by atoms with Crippen LogP contribution in [-0.2, 0) is 0 Å². The summed E-state index contributed by atoms with van der Waals surface area (Å²) in [6, 6.07) is 4.23. The zero-order chi connectivity index (χ0) is 13.4. The number of pyridine rings is 1. The molecule has 3 aromatic rings. The molecule has 0 aliphatic heterocycles. The summed E-state index contributed by atoms with van der Waals surface area (Å²) in [5, 5.41) is 9.62. The van der Waals surface area contributed by atoms with Gasteiger partial charge in [0.2, 0.25) is 5.65 Å². The molecule has 0 saturated heterocycles. The Bertz CT molecular complexity index is 792. The Kier molecular flexibility index (Phi) is 2.48. The molecule has 2 N–H and O–H groups in total. The van der Waals surface area contributed by atoms with Crippen molar-refractivity contribution in [3.05, 3.63) is 46.3 Å². The first kappa shape index (κ1) is 11.3. The molecule has 3 rings (SSSR count). The number of benzene rings is 1. The minimum absolute atomic E-state index is 0.0770. The van der Waals surface area contributed by atoms with Crippen LogP contribution >= 0.6 is 0 Å². The van der Waals surface area contributed by atoms with Gasteiger partial charge in [0.15, 0.2) is 5.52 Å². The number of aromatic nitrogens is 3. The molecule has 0 fully saturated rings. The molecule has 1 aromatic carbocycles. The third-order valence-electron chi connectivity index (χ3n) is 2.41. The molecule has 2 heterocycles. The summed E-state index contributed by atoms with van der Waals surface area (Å²) in [5.74, 6) is -1.49. The third-order valence-corrected chi connectivity index (χ3v) is 2.41. The van der Waals surface area contributed by atoms with E-state index in [1.54, 1.807) is 0 Å². The highest BCUT2D eigenvalue weighted by atomic mass is 19.1. The number of aromatic amines is 1. The molecule has 6 nitrogen and oxygen atoms in total. The van der Waals surface area contributed by atoms with Gasteiger partial charge in [0.05, 0.1) is 0 Å². The van der Waals surface area contributed by atoms with Gasteiger partial charge in [-0.25, -0.2) is 13.4 Å². The van der Waals surface area contributed by atoms with E-state index in [-0.39, 0.29) is 17.0 Å². The maximum Gasteiger partial charge on any atom is 0.273 e. The number of nitrogens with one attached hydrogen (secondary N) is 2. The van der Waals surface area contributed by atoms with Crippen LogP contribution in [0, 0.1) is 11.6 Å². The second-order valence-corrected chi connectivity index (χ2v) is 3.79. The van der Waals surface area contributed by atoms with Crippen molar-refractivity contribution in [2.45, 2.75) is 0 Å². The van der Waals surface area contributed by atoms with Crippen molar-refractivity contribution in [1.29, 1.82) is 0 Å². The second-order valence-electron chi connectivity index (χ2n) is 3.79. The summed E-state index contributed by atoms with van der Waals surface area (Å²) in [4.78, 5) is 14.1. The molecular weight excluding hydrogens is 258 g/mol. The van der Waals surface area contributed by atoms with E-state index in [4.69, 9.17) is 0 Å². The molecule has 19 heavy (non-hydrogen) atoms. The first-order valence-electron chi connectivity index (χ1n) is 5.20. The van der Waals surface area contributed by atoms with Crippen molar-refractivity contribution in [3.63, 3.8) is 0 Å². The van der Waals surface area contributed by atoms with Crippen LogP contribution < -0.4 is 10.9 Å². The number of hydrogen-bond acceptors (Lipinski definition) is 5. The molecule has 0 radical (unpaired) electrons. The summed E-state index contributed by atoms with van der Waals surface area (Å²) >= 11 is 0. The van der Waals surface area contributed by atoms with Crippen molar-refractivity contribution < 1.29 is 13.4 Å². The number of H-pyrrole nitrogens is 1. The van der Waals surface area contributed by atoms with E-state index < -0.39 is 17.2 Å². The van der Waals surface area contributed by atoms with E-state index in [2.05, 4.69) is 25.2 Å². The number of halogens is 2. The number of fused-ring (bicyclic) bond motifs is 1. The molecule has 8 heteroatoms. The quantitative estimate of drug-likeness (QED) is 0.738. The van der Waals surface area contributed by atoms with Gasteiger partial charge in [-0.15, -0.1) is 0 Å². The van der Waals surface area contributed by atoms with Crippen molar-refractivity contribution >= 4 is 22.5 Å². The highest BCUT2D eigenvalue weighted by Gasteiger charge is 2.08. The Balaban J connectivity index is 2.04. The molecule has 0 aliphatic carbocycles. The lowest BCUT2D eigenvalue weighted by molar-refractivity contribution is 0.314. The van der Waals surface area contributed by atoms with Gasteiger partial charge >= 0.3 is 0 Å². The SMILES string of the molecule is O=c1[nH]c2nonc2cc1Nc1cc(F)cc(F)c1. The van der Waals surface area contributed by atoms with Crippen LogP contribution in [0.1, 0.15) is 0 Å². The standard InChI is InChI=1S/C11H6F2N4O2/c12-5-1-6(13)3-7(2-5)14-9-4-8-10(15-11(9)18)17-19-16-8/h1-4,14H,(H,15,17,18). The number of rotatable bonds is 2. The van der Waals surface area contributed by atoms with Crippen molar-refractivity contribution in [2.24, 2.45) is 0 Å². The van der Waals surface area contributed by atoms with E-state index in [0.29, 0.717) is 5.52 Å². The summed E-state index contributed by atoms with van der Waals surface area (Å²) in [6.45, 7) is 0. The number of anilines is 2. The van der Waals surface area contributed by atoms with Crippen molar-refractivity contribution in [1.82, 2.24) is 15.3 Å². The van der Waals surface area contributed by atoms with Crippen molar-refractivity contribution in [3.8, 4) is 0 Å².